The lowest BCUT2D eigenvalue weighted by molar-refractivity contribution is 0.0983. The minimum atomic E-state index is -3.41. The van der Waals surface area contributed by atoms with Crippen LogP contribution >= 0.6 is 22.9 Å². The molecule has 4 rings (SSSR count). The van der Waals surface area contributed by atoms with E-state index >= 15 is 0 Å². The van der Waals surface area contributed by atoms with Crippen molar-refractivity contribution < 1.29 is 13.2 Å². The third-order valence-electron chi connectivity index (χ3n) is 5.91. The van der Waals surface area contributed by atoms with Gasteiger partial charge in [0, 0.05) is 34.1 Å². The first-order chi connectivity index (χ1) is 17.3. The van der Waals surface area contributed by atoms with Gasteiger partial charge in [0.2, 0.25) is 0 Å². The number of carbonyl (C=O) groups is 1. The van der Waals surface area contributed by atoms with Gasteiger partial charge in [-0.3, -0.25) is 4.79 Å². The van der Waals surface area contributed by atoms with Gasteiger partial charge in [-0.2, -0.15) is 0 Å². The Bertz CT molecular complexity index is 1430. The van der Waals surface area contributed by atoms with Crippen LogP contribution in [0.1, 0.15) is 38.3 Å². The Labute approximate surface area is 221 Å². The summed E-state index contributed by atoms with van der Waals surface area (Å²) in [4.78, 5) is 13.3. The Morgan fingerprint density at radius 1 is 0.889 bits per heavy atom. The van der Waals surface area contributed by atoms with Crippen molar-refractivity contribution in [3.63, 3.8) is 0 Å². The van der Waals surface area contributed by atoms with E-state index in [2.05, 4.69) is 36.5 Å². The van der Waals surface area contributed by atoms with Crippen molar-refractivity contribution in [3.05, 3.63) is 117 Å². The summed E-state index contributed by atoms with van der Waals surface area (Å²) >= 11 is 7.13. The van der Waals surface area contributed by atoms with Crippen LogP contribution < -0.4 is 5.32 Å². The van der Waals surface area contributed by atoms with E-state index in [9.17, 15) is 13.2 Å². The summed E-state index contributed by atoms with van der Waals surface area (Å²) in [6, 6.07) is 26.5. The zero-order valence-electron chi connectivity index (χ0n) is 20.0. The molecular formula is C29H28ClNO3S2. The van der Waals surface area contributed by atoms with Gasteiger partial charge in [0.15, 0.2) is 15.6 Å². The van der Waals surface area contributed by atoms with E-state index in [1.165, 1.54) is 22.5 Å². The van der Waals surface area contributed by atoms with Crippen LogP contribution in [-0.4, -0.2) is 20.0 Å². The van der Waals surface area contributed by atoms with E-state index in [1.54, 1.807) is 30.3 Å². The summed E-state index contributed by atoms with van der Waals surface area (Å²) in [6.45, 7) is 2.77. The van der Waals surface area contributed by atoms with E-state index in [4.69, 9.17) is 11.6 Å². The van der Waals surface area contributed by atoms with Crippen LogP contribution in [0.25, 0.3) is 0 Å². The molecule has 1 heterocycles. The predicted molar refractivity (Wildman–Crippen MR) is 149 cm³/mol. The number of carbonyl (C=O) groups excluding carboxylic acids is 1. The van der Waals surface area contributed by atoms with Crippen LogP contribution in [0.15, 0.2) is 89.1 Å². The van der Waals surface area contributed by atoms with Gasteiger partial charge in [-0.1, -0.05) is 53.6 Å². The fourth-order valence-corrected chi connectivity index (χ4v) is 6.70. The first-order valence-corrected chi connectivity index (χ1v) is 14.6. The molecule has 0 saturated carbocycles. The largest absolute Gasteiger partial charge is 0.381 e. The summed E-state index contributed by atoms with van der Waals surface area (Å²) < 4.78 is 26.2. The number of anilines is 1. The lowest BCUT2D eigenvalue weighted by atomic mass is 10.1. The molecule has 0 unspecified atom stereocenters. The van der Waals surface area contributed by atoms with Gasteiger partial charge in [-0.15, -0.1) is 11.3 Å². The molecule has 4 nitrogen and oxygen atoms in total. The molecule has 3 aromatic carbocycles. The molecule has 4 aromatic rings. The smallest absolute Gasteiger partial charge is 0.188 e. The number of hydrogen-bond acceptors (Lipinski definition) is 5. The highest BCUT2D eigenvalue weighted by Gasteiger charge is 2.18. The van der Waals surface area contributed by atoms with Gasteiger partial charge in [0.25, 0.3) is 0 Å². The van der Waals surface area contributed by atoms with Crippen molar-refractivity contribution in [2.75, 3.05) is 11.1 Å². The average molecular weight is 538 g/mol. The summed E-state index contributed by atoms with van der Waals surface area (Å²) in [5.74, 6) is 0.0540. The zero-order valence-corrected chi connectivity index (χ0v) is 22.4. The number of benzene rings is 3. The van der Waals surface area contributed by atoms with Crippen molar-refractivity contribution in [3.8, 4) is 0 Å². The number of nitrogens with one attached hydrogen (secondary N) is 1. The standard InChI is InChI=1S/C29H28ClNO3S2/c1-21-5-7-23(8-6-21)20-31-26-4-2-3-22(19-26)17-18-36(33,34)29-16-14-27(35-29)13-15-28(32)24-9-11-25(30)12-10-24/h2-12,14,16,19,31H,13,15,17-18,20H2,1H3. The van der Waals surface area contributed by atoms with Gasteiger partial charge in [0.05, 0.1) is 5.75 Å². The Morgan fingerprint density at radius 2 is 1.64 bits per heavy atom. The molecule has 0 aliphatic carbocycles. The molecule has 0 aliphatic heterocycles. The topological polar surface area (TPSA) is 63.2 Å². The van der Waals surface area contributed by atoms with E-state index < -0.39 is 9.84 Å². The number of halogens is 1. The van der Waals surface area contributed by atoms with E-state index in [1.807, 2.05) is 30.3 Å². The number of rotatable bonds is 11. The zero-order chi connectivity index (χ0) is 25.5. The molecule has 0 aliphatic rings. The number of hydrogen-bond donors (Lipinski definition) is 1. The van der Waals surface area contributed by atoms with Crippen LogP contribution in [-0.2, 0) is 29.2 Å². The van der Waals surface area contributed by atoms with Crippen molar-refractivity contribution in [2.24, 2.45) is 0 Å². The quantitative estimate of drug-likeness (QED) is 0.206. The normalized spacial score (nSPS) is 11.4. The van der Waals surface area contributed by atoms with Crippen molar-refractivity contribution in [1.82, 2.24) is 0 Å². The summed E-state index contributed by atoms with van der Waals surface area (Å²) in [6.07, 6.45) is 1.27. The van der Waals surface area contributed by atoms with Crippen LogP contribution in [0.3, 0.4) is 0 Å². The molecule has 0 bridgehead atoms. The fourth-order valence-electron chi connectivity index (χ4n) is 3.78. The predicted octanol–water partition coefficient (Wildman–Crippen LogP) is 7.15. The van der Waals surface area contributed by atoms with Crippen LogP contribution in [0.4, 0.5) is 5.69 Å². The van der Waals surface area contributed by atoms with E-state index in [0.717, 1.165) is 16.1 Å². The average Bonchev–Trinajstić information content (AvgIpc) is 3.37. The third-order valence-corrected chi connectivity index (χ3v) is 9.61. The highest BCUT2D eigenvalue weighted by Crippen LogP contribution is 2.25. The molecule has 7 heteroatoms. The lowest BCUT2D eigenvalue weighted by Gasteiger charge is -2.09. The first-order valence-electron chi connectivity index (χ1n) is 11.8. The molecule has 0 radical (unpaired) electrons. The Balaban J connectivity index is 1.30. The Morgan fingerprint density at radius 3 is 2.39 bits per heavy atom. The second kappa shape index (κ2) is 11.9. The van der Waals surface area contributed by atoms with Gasteiger partial charge in [0.1, 0.15) is 4.21 Å². The Kier molecular flexibility index (Phi) is 8.62. The first kappa shape index (κ1) is 26.1. The number of sulfone groups is 1. The molecule has 1 aromatic heterocycles. The van der Waals surface area contributed by atoms with Gasteiger partial charge in [-0.25, -0.2) is 8.42 Å². The summed E-state index contributed by atoms with van der Waals surface area (Å²) in [5, 5.41) is 4.00. The lowest BCUT2D eigenvalue weighted by Crippen LogP contribution is -2.08. The molecule has 1 N–H and O–H groups in total. The van der Waals surface area contributed by atoms with E-state index in [-0.39, 0.29) is 11.5 Å². The van der Waals surface area contributed by atoms with Gasteiger partial charge < -0.3 is 5.32 Å². The van der Waals surface area contributed by atoms with E-state index in [0.29, 0.717) is 40.6 Å². The molecule has 186 valence electrons. The molecular weight excluding hydrogens is 510 g/mol. The maximum atomic E-state index is 12.9. The van der Waals surface area contributed by atoms with Crippen molar-refractivity contribution in [1.29, 1.82) is 0 Å². The van der Waals surface area contributed by atoms with Crippen molar-refractivity contribution in [2.45, 2.75) is 36.9 Å². The molecule has 36 heavy (non-hydrogen) atoms. The molecule has 0 saturated heterocycles. The number of aryl methyl sites for hydroxylation is 3. The molecule has 0 atom stereocenters. The minimum Gasteiger partial charge on any atom is -0.381 e. The minimum absolute atomic E-state index is 0.0142. The molecule has 0 fully saturated rings. The van der Waals surface area contributed by atoms with Crippen LogP contribution in [0, 0.1) is 6.92 Å². The maximum Gasteiger partial charge on any atom is 0.188 e. The summed E-state index contributed by atoms with van der Waals surface area (Å²) in [5.41, 5.74) is 4.97. The third kappa shape index (κ3) is 7.29. The monoisotopic (exact) mass is 537 g/mol. The number of thiophene rings is 1. The summed E-state index contributed by atoms with van der Waals surface area (Å²) in [7, 11) is -3.41. The number of ketones is 1. The molecule has 0 amide bonds. The van der Waals surface area contributed by atoms with Crippen LogP contribution in [0.5, 0.6) is 0 Å². The number of Topliss-reactive ketones (excluding diaryl/α,β-unsaturated/α-hetero) is 1. The van der Waals surface area contributed by atoms with Gasteiger partial charge >= 0.3 is 0 Å². The second-order valence-corrected chi connectivity index (χ2v) is 12.7. The molecule has 0 spiro atoms. The second-order valence-electron chi connectivity index (χ2n) is 8.76. The Hall–Kier alpha value is -2.93. The van der Waals surface area contributed by atoms with Crippen molar-refractivity contribution >= 4 is 44.2 Å². The van der Waals surface area contributed by atoms with Crippen LogP contribution in [0.2, 0.25) is 5.02 Å². The highest BCUT2D eigenvalue weighted by molar-refractivity contribution is 7.93. The fraction of sp³-hybridized carbons (Fsp3) is 0.207. The highest BCUT2D eigenvalue weighted by atomic mass is 35.5. The maximum absolute atomic E-state index is 12.9. The van der Waals surface area contributed by atoms with Gasteiger partial charge in [-0.05, 0) is 79.4 Å². The SMILES string of the molecule is Cc1ccc(CNc2cccc(CCS(=O)(=O)c3ccc(CCC(=O)c4ccc(Cl)cc4)s3)c2)cc1.